The maximum atomic E-state index is 12.0. The molecule has 1 aromatic heterocycles. The Balaban J connectivity index is 0.00000261. The van der Waals surface area contributed by atoms with Gasteiger partial charge in [0.05, 0.1) is 12.8 Å². The zero-order valence-electron chi connectivity index (χ0n) is 16.4. The van der Waals surface area contributed by atoms with E-state index in [1.165, 1.54) is 5.56 Å². The van der Waals surface area contributed by atoms with Crippen LogP contribution in [0.2, 0.25) is 0 Å². The molecule has 2 unspecified atom stereocenters. The van der Waals surface area contributed by atoms with Crippen LogP contribution in [0.4, 0.5) is 0 Å². The van der Waals surface area contributed by atoms with Crippen molar-refractivity contribution in [3.05, 3.63) is 18.0 Å². The summed E-state index contributed by atoms with van der Waals surface area (Å²) in [5, 5.41) is 7.77. The zero-order valence-corrected chi connectivity index (χ0v) is 18.8. The zero-order chi connectivity index (χ0) is 18.5. The standard InChI is InChI=1S/C18H30N6O2.HI/c1-22(2)17(25)10-20-18(19-8-14-5-7-26-13-14)24-6-4-15(12-24)16-9-21-23(3)11-16;/h9,11,14-15H,4-8,10,12-13H2,1-3H3,(H,19,20);1H. The third-order valence-corrected chi connectivity index (χ3v) is 5.12. The normalized spacial score (nSPS) is 22.6. The Labute approximate surface area is 178 Å². The number of halogens is 1. The number of likely N-dealkylation sites (N-methyl/N-ethyl adjacent to an activating group) is 1. The summed E-state index contributed by atoms with van der Waals surface area (Å²) < 4.78 is 7.31. The largest absolute Gasteiger partial charge is 0.381 e. The fourth-order valence-electron chi connectivity index (χ4n) is 3.41. The maximum absolute atomic E-state index is 12.0. The molecule has 0 aliphatic carbocycles. The summed E-state index contributed by atoms with van der Waals surface area (Å²) in [6, 6.07) is 0. The quantitative estimate of drug-likeness (QED) is 0.377. The minimum absolute atomic E-state index is 0. The fraction of sp³-hybridized carbons (Fsp3) is 0.722. The van der Waals surface area contributed by atoms with Gasteiger partial charge in [-0.05, 0) is 18.4 Å². The number of carbonyl (C=O) groups is 1. The number of guanidine groups is 1. The molecule has 0 aromatic carbocycles. The van der Waals surface area contributed by atoms with Crippen LogP contribution < -0.4 is 5.32 Å². The van der Waals surface area contributed by atoms with Gasteiger partial charge in [0.15, 0.2) is 5.96 Å². The number of likely N-dealkylation sites (tertiary alicyclic amines) is 1. The number of hydrogen-bond acceptors (Lipinski definition) is 4. The minimum atomic E-state index is 0. The molecule has 2 atom stereocenters. The fourth-order valence-corrected chi connectivity index (χ4v) is 3.41. The Morgan fingerprint density at radius 1 is 1.44 bits per heavy atom. The molecule has 0 spiro atoms. The molecule has 8 nitrogen and oxygen atoms in total. The Morgan fingerprint density at radius 3 is 2.89 bits per heavy atom. The van der Waals surface area contributed by atoms with Crippen molar-refractivity contribution in [3.63, 3.8) is 0 Å². The molecule has 3 heterocycles. The van der Waals surface area contributed by atoms with Gasteiger partial charge < -0.3 is 19.9 Å². The van der Waals surface area contributed by atoms with Gasteiger partial charge in [-0.1, -0.05) is 0 Å². The van der Waals surface area contributed by atoms with Crippen molar-refractivity contribution in [2.45, 2.75) is 18.8 Å². The van der Waals surface area contributed by atoms with E-state index in [0.29, 0.717) is 11.8 Å². The molecule has 152 valence electrons. The molecular formula is C18H31IN6O2. The van der Waals surface area contributed by atoms with Gasteiger partial charge in [0.1, 0.15) is 6.54 Å². The molecule has 1 aromatic rings. The van der Waals surface area contributed by atoms with Crippen LogP contribution in [0.3, 0.4) is 0 Å². The van der Waals surface area contributed by atoms with Crippen molar-refractivity contribution >= 4 is 35.8 Å². The number of nitrogens with zero attached hydrogens (tertiary/aromatic N) is 5. The van der Waals surface area contributed by atoms with E-state index in [1.807, 2.05) is 17.9 Å². The van der Waals surface area contributed by atoms with Crippen LogP contribution in [0.15, 0.2) is 17.4 Å². The van der Waals surface area contributed by atoms with E-state index < -0.39 is 0 Å². The van der Waals surface area contributed by atoms with Crippen molar-refractivity contribution in [2.24, 2.45) is 18.0 Å². The maximum Gasteiger partial charge on any atom is 0.243 e. The van der Waals surface area contributed by atoms with Crippen molar-refractivity contribution in [3.8, 4) is 0 Å². The molecule has 0 bridgehead atoms. The first kappa shape index (κ1) is 21.9. The second-order valence-electron chi connectivity index (χ2n) is 7.42. The summed E-state index contributed by atoms with van der Waals surface area (Å²) in [5.41, 5.74) is 1.27. The summed E-state index contributed by atoms with van der Waals surface area (Å²) in [6.45, 7) is 4.48. The monoisotopic (exact) mass is 490 g/mol. The van der Waals surface area contributed by atoms with Crippen LogP contribution in [0.25, 0.3) is 0 Å². The number of carbonyl (C=O) groups excluding carboxylic acids is 1. The van der Waals surface area contributed by atoms with E-state index in [9.17, 15) is 4.79 Å². The summed E-state index contributed by atoms with van der Waals surface area (Å²) in [6.07, 6.45) is 6.18. The van der Waals surface area contributed by atoms with E-state index in [2.05, 4.69) is 26.5 Å². The van der Waals surface area contributed by atoms with Crippen LogP contribution in [0.5, 0.6) is 0 Å². The molecule has 2 fully saturated rings. The number of hydrogen-bond donors (Lipinski definition) is 1. The number of aryl methyl sites for hydroxylation is 1. The van der Waals surface area contributed by atoms with E-state index >= 15 is 0 Å². The first-order chi connectivity index (χ1) is 12.5. The number of nitrogens with one attached hydrogen (secondary N) is 1. The molecule has 2 aliphatic heterocycles. The number of aromatic nitrogens is 2. The lowest BCUT2D eigenvalue weighted by Crippen LogP contribution is -2.43. The average molecular weight is 490 g/mol. The summed E-state index contributed by atoms with van der Waals surface area (Å²) >= 11 is 0. The molecule has 2 aliphatic rings. The molecule has 1 N–H and O–H groups in total. The van der Waals surface area contributed by atoms with E-state index in [-0.39, 0.29) is 36.4 Å². The lowest BCUT2D eigenvalue weighted by Gasteiger charge is -2.23. The Kier molecular flexibility index (Phi) is 8.33. The Morgan fingerprint density at radius 2 is 2.26 bits per heavy atom. The number of ether oxygens (including phenoxy) is 1. The highest BCUT2D eigenvalue weighted by atomic mass is 127. The summed E-state index contributed by atoms with van der Waals surface area (Å²) in [7, 11) is 5.46. The highest BCUT2D eigenvalue weighted by Crippen LogP contribution is 2.26. The highest BCUT2D eigenvalue weighted by Gasteiger charge is 2.28. The molecule has 0 saturated carbocycles. The van der Waals surface area contributed by atoms with Gasteiger partial charge in [-0.3, -0.25) is 9.48 Å². The van der Waals surface area contributed by atoms with E-state index in [1.54, 1.807) is 19.0 Å². The third-order valence-electron chi connectivity index (χ3n) is 5.12. The van der Waals surface area contributed by atoms with Gasteiger partial charge in [0.2, 0.25) is 5.91 Å². The topological polar surface area (TPSA) is 75.0 Å². The van der Waals surface area contributed by atoms with Crippen LogP contribution in [0, 0.1) is 5.92 Å². The number of aliphatic imine (C=N–C) groups is 1. The Bertz CT molecular complexity index is 642. The molecule has 1 amide bonds. The van der Waals surface area contributed by atoms with Crippen LogP contribution >= 0.6 is 24.0 Å². The Hall–Kier alpha value is -1.36. The lowest BCUT2D eigenvalue weighted by molar-refractivity contribution is -0.127. The highest BCUT2D eigenvalue weighted by molar-refractivity contribution is 14.0. The number of rotatable bonds is 5. The summed E-state index contributed by atoms with van der Waals surface area (Å²) in [4.78, 5) is 20.4. The minimum Gasteiger partial charge on any atom is -0.381 e. The van der Waals surface area contributed by atoms with Gasteiger partial charge in [-0.25, -0.2) is 4.99 Å². The van der Waals surface area contributed by atoms with Crippen LogP contribution in [-0.4, -0.2) is 84.9 Å². The first-order valence-corrected chi connectivity index (χ1v) is 9.32. The van der Waals surface area contributed by atoms with Gasteiger partial charge in [0, 0.05) is 65.4 Å². The lowest BCUT2D eigenvalue weighted by atomic mass is 10.0. The molecule has 9 heteroatoms. The van der Waals surface area contributed by atoms with Gasteiger partial charge in [-0.2, -0.15) is 5.10 Å². The molecule has 27 heavy (non-hydrogen) atoms. The van der Waals surface area contributed by atoms with Gasteiger partial charge >= 0.3 is 0 Å². The van der Waals surface area contributed by atoms with E-state index in [4.69, 9.17) is 4.74 Å². The predicted octanol–water partition coefficient (Wildman–Crippen LogP) is 0.898. The SMILES string of the molecule is CN(C)C(=O)CN=C(NCC1CCOC1)N1CCC(c2cnn(C)c2)C1.I. The first-order valence-electron chi connectivity index (χ1n) is 9.32. The smallest absolute Gasteiger partial charge is 0.243 e. The van der Waals surface area contributed by atoms with Crippen LogP contribution in [0.1, 0.15) is 24.3 Å². The summed E-state index contributed by atoms with van der Waals surface area (Å²) in [5.74, 6) is 1.81. The third kappa shape index (κ3) is 6.06. The molecule has 3 rings (SSSR count). The van der Waals surface area contributed by atoms with Crippen molar-refractivity contribution < 1.29 is 9.53 Å². The molecule has 2 saturated heterocycles. The second kappa shape index (κ2) is 10.3. The van der Waals surface area contributed by atoms with Crippen molar-refractivity contribution in [1.29, 1.82) is 0 Å². The second-order valence-corrected chi connectivity index (χ2v) is 7.42. The van der Waals surface area contributed by atoms with Gasteiger partial charge in [-0.15, -0.1) is 24.0 Å². The predicted molar refractivity (Wildman–Crippen MR) is 115 cm³/mol. The average Bonchev–Trinajstić information content (AvgIpc) is 3.35. The van der Waals surface area contributed by atoms with Crippen molar-refractivity contribution in [2.75, 3.05) is 53.5 Å². The molecular weight excluding hydrogens is 459 g/mol. The number of amides is 1. The van der Waals surface area contributed by atoms with Gasteiger partial charge in [0.25, 0.3) is 0 Å². The van der Waals surface area contributed by atoms with Crippen LogP contribution in [-0.2, 0) is 16.6 Å². The molecule has 0 radical (unpaired) electrons. The van der Waals surface area contributed by atoms with E-state index in [0.717, 1.165) is 51.6 Å². The van der Waals surface area contributed by atoms with Crippen molar-refractivity contribution in [1.82, 2.24) is 24.9 Å².